The number of hydrogen-bond donors (Lipinski definition) is 0. The minimum Gasteiger partial charge on any atom is -0.462 e. The Morgan fingerprint density at radius 3 is 2.35 bits per heavy atom. The molecule has 0 aromatic heterocycles. The molecule has 2 amide bonds. The monoisotopic (exact) mass is 587 g/mol. The Bertz CT molecular complexity index is 1320. The van der Waals surface area contributed by atoms with Crippen molar-refractivity contribution in [1.82, 2.24) is 14.7 Å². The molecule has 0 N–H and O–H groups in total. The Morgan fingerprint density at radius 2 is 1.68 bits per heavy atom. The van der Waals surface area contributed by atoms with Gasteiger partial charge in [-0.2, -0.15) is 0 Å². The number of ether oxygens (including phenoxy) is 1. The third kappa shape index (κ3) is 5.70. The first-order chi connectivity index (χ1) is 19.3. The van der Waals surface area contributed by atoms with E-state index in [1.165, 1.54) is 12.1 Å². The molecule has 1 saturated heterocycles. The van der Waals surface area contributed by atoms with Crippen molar-refractivity contribution in [1.29, 1.82) is 0 Å². The zero-order chi connectivity index (χ0) is 28.4. The van der Waals surface area contributed by atoms with Crippen LogP contribution >= 0.6 is 23.2 Å². The predicted octanol–water partition coefficient (Wildman–Crippen LogP) is 5.31. The van der Waals surface area contributed by atoms with E-state index in [-0.39, 0.29) is 41.8 Å². The first kappa shape index (κ1) is 28.4. The highest BCUT2D eigenvalue weighted by atomic mass is 35.5. The van der Waals surface area contributed by atoms with Crippen molar-refractivity contribution >= 4 is 41.0 Å². The summed E-state index contributed by atoms with van der Waals surface area (Å²) in [6.45, 7) is 4.01. The van der Waals surface area contributed by atoms with Crippen molar-refractivity contribution in [3.8, 4) is 0 Å². The van der Waals surface area contributed by atoms with Gasteiger partial charge in [-0.25, -0.2) is 9.18 Å². The van der Waals surface area contributed by atoms with E-state index in [9.17, 15) is 18.8 Å². The van der Waals surface area contributed by atoms with E-state index in [0.29, 0.717) is 48.3 Å². The van der Waals surface area contributed by atoms with Crippen LogP contribution in [-0.2, 0) is 20.9 Å². The Labute approximate surface area is 243 Å². The van der Waals surface area contributed by atoms with Crippen molar-refractivity contribution in [2.75, 3.05) is 32.8 Å². The van der Waals surface area contributed by atoms with Crippen LogP contribution in [-0.4, -0.2) is 71.3 Å². The number of esters is 1. The van der Waals surface area contributed by atoms with Crippen LogP contribution in [0.15, 0.2) is 53.7 Å². The highest BCUT2D eigenvalue weighted by Crippen LogP contribution is 2.42. The van der Waals surface area contributed by atoms with E-state index in [1.807, 2.05) is 0 Å². The summed E-state index contributed by atoms with van der Waals surface area (Å²) in [5.41, 5.74) is 2.09. The van der Waals surface area contributed by atoms with Crippen LogP contribution in [0.4, 0.5) is 4.39 Å². The normalized spacial score (nSPS) is 21.4. The Balaban J connectivity index is 1.43. The second-order valence-electron chi connectivity index (χ2n) is 10.4. The maximum Gasteiger partial charge on any atom is 0.345 e. The van der Waals surface area contributed by atoms with Gasteiger partial charge in [0.15, 0.2) is 0 Å². The fourth-order valence-electron chi connectivity index (χ4n) is 6.12. The Hall–Kier alpha value is -3.10. The molecule has 1 aliphatic carbocycles. The van der Waals surface area contributed by atoms with Gasteiger partial charge < -0.3 is 19.4 Å². The van der Waals surface area contributed by atoms with E-state index in [4.69, 9.17) is 27.9 Å². The van der Waals surface area contributed by atoms with Gasteiger partial charge in [0.1, 0.15) is 11.4 Å². The lowest BCUT2D eigenvalue weighted by Crippen LogP contribution is -2.57. The number of fused-ring (bicyclic) bond motifs is 1. The van der Waals surface area contributed by atoms with E-state index in [0.717, 1.165) is 36.9 Å². The fourth-order valence-corrected chi connectivity index (χ4v) is 6.42. The first-order valence-corrected chi connectivity index (χ1v) is 14.5. The molecule has 3 aliphatic rings. The zero-order valence-corrected chi connectivity index (χ0v) is 23.9. The Kier molecular flexibility index (Phi) is 8.66. The molecule has 2 aromatic carbocycles. The van der Waals surface area contributed by atoms with Gasteiger partial charge >= 0.3 is 5.97 Å². The summed E-state index contributed by atoms with van der Waals surface area (Å²) < 4.78 is 18.9. The van der Waals surface area contributed by atoms with E-state index in [1.54, 1.807) is 47.1 Å². The molecule has 2 aromatic rings. The molecule has 2 aliphatic heterocycles. The first-order valence-electron chi connectivity index (χ1n) is 13.7. The maximum atomic E-state index is 14.0. The highest BCUT2D eigenvalue weighted by molar-refractivity contribution is 6.42. The summed E-state index contributed by atoms with van der Waals surface area (Å²) >= 11 is 12.1. The van der Waals surface area contributed by atoms with Crippen LogP contribution in [0.3, 0.4) is 0 Å². The number of piperazine rings is 1. The maximum absolute atomic E-state index is 14.0. The molecule has 10 heteroatoms. The molecule has 2 unspecified atom stereocenters. The van der Waals surface area contributed by atoms with E-state index < -0.39 is 5.97 Å². The van der Waals surface area contributed by atoms with Crippen molar-refractivity contribution in [3.05, 3.63) is 80.7 Å². The van der Waals surface area contributed by atoms with Gasteiger partial charge in [0.25, 0.3) is 11.8 Å². The smallest absolute Gasteiger partial charge is 0.345 e. The molecule has 1 saturated carbocycles. The lowest BCUT2D eigenvalue weighted by molar-refractivity contribution is -0.145. The average Bonchev–Trinajstić information content (AvgIpc) is 2.96. The van der Waals surface area contributed by atoms with Gasteiger partial charge in [0.2, 0.25) is 0 Å². The van der Waals surface area contributed by atoms with Crippen LogP contribution in [0.25, 0.3) is 0 Å². The summed E-state index contributed by atoms with van der Waals surface area (Å²) in [5, 5.41) is 0.712. The van der Waals surface area contributed by atoms with Gasteiger partial charge in [-0.15, -0.1) is 0 Å². The lowest BCUT2D eigenvalue weighted by atomic mass is 9.76. The van der Waals surface area contributed by atoms with Crippen molar-refractivity contribution < 1.29 is 23.5 Å². The summed E-state index contributed by atoms with van der Waals surface area (Å²) in [6.07, 6.45) is 3.66. The number of hydrogen-bond acceptors (Lipinski definition) is 5. The molecule has 212 valence electrons. The summed E-state index contributed by atoms with van der Waals surface area (Å²) in [7, 11) is 0. The summed E-state index contributed by atoms with van der Waals surface area (Å²) in [4.78, 5) is 46.1. The third-order valence-electron chi connectivity index (χ3n) is 8.03. The molecule has 5 rings (SSSR count). The molecular weight excluding hydrogens is 556 g/mol. The molecular formula is C30H32Cl2FN3O4. The number of carbonyl (C=O) groups excluding carboxylic acids is 3. The minimum atomic E-state index is -0.620. The zero-order valence-electron chi connectivity index (χ0n) is 22.4. The molecule has 0 bridgehead atoms. The minimum absolute atomic E-state index is 0.0244. The Morgan fingerprint density at radius 1 is 0.975 bits per heavy atom. The molecule has 2 fully saturated rings. The molecule has 2 heterocycles. The quantitative estimate of drug-likeness (QED) is 0.338. The topological polar surface area (TPSA) is 70.2 Å². The molecule has 7 nitrogen and oxygen atoms in total. The highest BCUT2D eigenvalue weighted by Gasteiger charge is 2.47. The van der Waals surface area contributed by atoms with Gasteiger partial charge in [-0.1, -0.05) is 48.2 Å². The number of rotatable bonds is 6. The number of halogens is 3. The predicted molar refractivity (Wildman–Crippen MR) is 150 cm³/mol. The van der Waals surface area contributed by atoms with Crippen LogP contribution in [0.5, 0.6) is 0 Å². The lowest BCUT2D eigenvalue weighted by Gasteiger charge is -2.49. The number of carbonyl (C=O) groups is 3. The van der Waals surface area contributed by atoms with Crippen molar-refractivity contribution in [3.63, 3.8) is 0 Å². The summed E-state index contributed by atoms with van der Waals surface area (Å²) in [5.74, 6) is -1.47. The average molecular weight is 589 g/mol. The summed E-state index contributed by atoms with van der Waals surface area (Å²) in [6, 6.07) is 10.9. The molecule has 0 spiro atoms. The van der Waals surface area contributed by atoms with E-state index in [2.05, 4.69) is 4.90 Å². The molecule has 2 atom stereocenters. The third-order valence-corrected chi connectivity index (χ3v) is 8.77. The van der Waals surface area contributed by atoms with Crippen molar-refractivity contribution in [2.45, 2.75) is 45.2 Å². The number of nitrogens with zero attached hydrogens (tertiary/aromatic N) is 3. The number of amides is 2. The largest absolute Gasteiger partial charge is 0.462 e. The molecule has 0 radical (unpaired) electrons. The van der Waals surface area contributed by atoms with Crippen LogP contribution in [0, 0.1) is 11.7 Å². The van der Waals surface area contributed by atoms with Gasteiger partial charge in [-0.3, -0.25) is 9.59 Å². The van der Waals surface area contributed by atoms with Crippen LogP contribution in [0.1, 0.15) is 48.5 Å². The van der Waals surface area contributed by atoms with Crippen LogP contribution in [0.2, 0.25) is 10.0 Å². The number of benzene rings is 2. The molecule has 40 heavy (non-hydrogen) atoms. The van der Waals surface area contributed by atoms with Gasteiger partial charge in [0.05, 0.1) is 16.7 Å². The fraction of sp³-hybridized carbons (Fsp3) is 0.433. The SMILES string of the molecule is CCOC(=O)C1=C(N2CCN(C(=O)c3ccc(Cl)c(Cl)c3)CC2)C2CCCCC2N(Cc2ccc(F)cc2)C1=O. The van der Waals surface area contributed by atoms with E-state index >= 15 is 0 Å². The van der Waals surface area contributed by atoms with Gasteiger partial charge in [-0.05, 0) is 55.7 Å². The second kappa shape index (κ2) is 12.2. The second-order valence-corrected chi connectivity index (χ2v) is 11.2. The van der Waals surface area contributed by atoms with Gasteiger partial charge in [0, 0.05) is 55.9 Å². The van der Waals surface area contributed by atoms with Crippen LogP contribution < -0.4 is 0 Å². The standard InChI is InChI=1S/C30H32Cl2FN3O4/c1-2-40-30(39)26-27(34-13-15-35(16-14-34)28(37)20-9-12-23(31)24(32)17-20)22-5-3-4-6-25(22)36(29(26)38)18-19-7-10-21(33)11-8-19/h7-12,17,22,25H,2-6,13-16,18H2,1H3. The van der Waals surface area contributed by atoms with Crippen molar-refractivity contribution in [2.24, 2.45) is 5.92 Å².